The number of ether oxygens (including phenoxy) is 1. The zero-order chi connectivity index (χ0) is 9.03. The second-order valence-corrected chi connectivity index (χ2v) is 4.29. The van der Waals surface area contributed by atoms with Crippen molar-refractivity contribution < 1.29 is 70.2 Å². The molecular formula is C11H19OY2-. The average molecular weight is 345 g/mol. The third kappa shape index (κ3) is 7.09. The Hall–Kier alpha value is 1.75. The molecule has 0 aromatic rings. The summed E-state index contributed by atoms with van der Waals surface area (Å²) in [4.78, 5) is 0. The van der Waals surface area contributed by atoms with Gasteiger partial charge in [0.25, 0.3) is 0 Å². The fourth-order valence-electron chi connectivity index (χ4n) is 1.58. The van der Waals surface area contributed by atoms with Crippen LogP contribution >= 0.6 is 0 Å². The van der Waals surface area contributed by atoms with Gasteiger partial charge in [-0.3, -0.25) is 0 Å². The van der Waals surface area contributed by atoms with Crippen LogP contribution in [0, 0.1) is 17.8 Å². The standard InChI is InChI=1S/C11H19O.2Y/c1-4-11(2,3)8-10-6-5-7-12-9-10;;/h4-5,7,10H,6,8-9H2,1-3H3;;/q-1;;. The molecular weight excluding hydrogens is 326 g/mol. The number of allylic oxidation sites excluding steroid dienone is 1. The molecule has 1 aliphatic rings. The Morgan fingerprint density at radius 2 is 2.07 bits per heavy atom. The van der Waals surface area contributed by atoms with Crippen LogP contribution in [0.4, 0.5) is 0 Å². The Labute approximate surface area is 139 Å². The molecule has 1 rings (SSSR count). The van der Waals surface area contributed by atoms with Gasteiger partial charge in [-0.1, -0.05) is 20.3 Å². The van der Waals surface area contributed by atoms with E-state index >= 15 is 0 Å². The molecule has 3 heteroatoms. The third-order valence-electron chi connectivity index (χ3n) is 2.59. The van der Waals surface area contributed by atoms with Crippen molar-refractivity contribution in [1.29, 1.82) is 0 Å². The first kappa shape index (κ1) is 18.1. The van der Waals surface area contributed by atoms with Crippen LogP contribution < -0.4 is 0 Å². The molecule has 1 heterocycles. The maximum Gasteiger partial charge on any atom is 0.0903 e. The summed E-state index contributed by atoms with van der Waals surface area (Å²) in [7, 11) is 0. The molecule has 0 aromatic carbocycles. The normalized spacial score (nSPS) is 20.4. The van der Waals surface area contributed by atoms with Crippen molar-refractivity contribution in [2.75, 3.05) is 6.61 Å². The van der Waals surface area contributed by atoms with Crippen LogP contribution in [0.25, 0.3) is 0 Å². The third-order valence-corrected chi connectivity index (χ3v) is 2.59. The topological polar surface area (TPSA) is 9.23 Å². The summed E-state index contributed by atoms with van der Waals surface area (Å²) >= 11 is 0. The van der Waals surface area contributed by atoms with Crippen LogP contribution in [0.2, 0.25) is 0 Å². The first-order valence-electron chi connectivity index (χ1n) is 4.71. The minimum absolute atomic E-state index is 0. The van der Waals surface area contributed by atoms with E-state index in [-0.39, 0.29) is 65.4 Å². The van der Waals surface area contributed by atoms with Gasteiger partial charge in [0.15, 0.2) is 0 Å². The van der Waals surface area contributed by atoms with Crippen molar-refractivity contribution in [3.8, 4) is 0 Å². The zero-order valence-electron chi connectivity index (χ0n) is 9.49. The fourth-order valence-corrected chi connectivity index (χ4v) is 1.58. The van der Waals surface area contributed by atoms with E-state index in [1.54, 1.807) is 0 Å². The molecule has 2 radical (unpaired) electrons. The van der Waals surface area contributed by atoms with Crippen molar-refractivity contribution >= 4 is 0 Å². The summed E-state index contributed by atoms with van der Waals surface area (Å²) in [5.74, 6) is 0.709. The second-order valence-electron chi connectivity index (χ2n) is 4.29. The summed E-state index contributed by atoms with van der Waals surface area (Å²) in [6.07, 6.45) is 8.63. The van der Waals surface area contributed by atoms with E-state index in [4.69, 9.17) is 4.74 Å². The maximum atomic E-state index is 5.28. The minimum atomic E-state index is 0. The number of rotatable bonds is 3. The molecule has 0 fully saturated rings. The molecule has 0 spiro atoms. The number of hydrogen-bond donors (Lipinski definition) is 0. The molecule has 0 saturated carbocycles. The predicted molar refractivity (Wildman–Crippen MR) is 51.6 cm³/mol. The van der Waals surface area contributed by atoms with Crippen LogP contribution in [0.1, 0.15) is 33.6 Å². The quantitative estimate of drug-likeness (QED) is 0.714. The van der Waals surface area contributed by atoms with Crippen molar-refractivity contribution in [3.05, 3.63) is 18.8 Å². The average Bonchev–Trinajstić information content (AvgIpc) is 2.06. The van der Waals surface area contributed by atoms with Gasteiger partial charge in [0.2, 0.25) is 0 Å². The summed E-state index contributed by atoms with van der Waals surface area (Å²) in [6.45, 7) is 7.60. The van der Waals surface area contributed by atoms with E-state index in [9.17, 15) is 0 Å². The van der Waals surface area contributed by atoms with Gasteiger partial charge in [0, 0.05) is 65.4 Å². The Balaban J connectivity index is 0. The van der Waals surface area contributed by atoms with Crippen LogP contribution in [-0.4, -0.2) is 6.61 Å². The van der Waals surface area contributed by atoms with Crippen molar-refractivity contribution in [2.24, 2.45) is 11.3 Å². The van der Waals surface area contributed by atoms with Gasteiger partial charge in [-0.15, -0.1) is 0 Å². The largest absolute Gasteiger partial charge is 0.501 e. The van der Waals surface area contributed by atoms with Gasteiger partial charge in [0.05, 0.1) is 12.9 Å². The van der Waals surface area contributed by atoms with Crippen LogP contribution in [0.15, 0.2) is 12.3 Å². The molecule has 1 aliphatic heterocycles. The summed E-state index contributed by atoms with van der Waals surface area (Å²) in [6, 6.07) is 0. The molecule has 1 unspecified atom stereocenters. The van der Waals surface area contributed by atoms with E-state index in [1.807, 2.05) is 6.26 Å². The SMILES string of the molecule is C[CH-]C(C)(C)CC1CC=COC1.[Y].[Y]. The van der Waals surface area contributed by atoms with Gasteiger partial charge < -0.3 is 11.2 Å². The minimum Gasteiger partial charge on any atom is -0.501 e. The molecule has 0 bridgehead atoms. The van der Waals surface area contributed by atoms with E-state index < -0.39 is 0 Å². The first-order chi connectivity index (χ1) is 5.64. The van der Waals surface area contributed by atoms with Gasteiger partial charge in [-0.05, 0) is 18.4 Å². The molecule has 0 saturated heterocycles. The van der Waals surface area contributed by atoms with Gasteiger partial charge in [-0.2, -0.15) is 12.3 Å². The van der Waals surface area contributed by atoms with E-state index in [0.717, 1.165) is 6.61 Å². The fraction of sp³-hybridized carbons (Fsp3) is 0.727. The van der Waals surface area contributed by atoms with E-state index in [1.165, 1.54) is 12.8 Å². The molecule has 0 N–H and O–H groups in total. The van der Waals surface area contributed by atoms with E-state index in [0.29, 0.717) is 11.3 Å². The molecule has 0 aliphatic carbocycles. The Morgan fingerprint density at radius 3 is 2.50 bits per heavy atom. The second kappa shape index (κ2) is 8.85. The Morgan fingerprint density at radius 1 is 1.43 bits per heavy atom. The van der Waals surface area contributed by atoms with Gasteiger partial charge in [-0.25, -0.2) is 0 Å². The maximum absolute atomic E-state index is 5.28. The summed E-state index contributed by atoms with van der Waals surface area (Å²) < 4.78 is 5.28. The van der Waals surface area contributed by atoms with Crippen molar-refractivity contribution in [1.82, 2.24) is 0 Å². The smallest absolute Gasteiger partial charge is 0.0903 e. The zero-order valence-corrected chi connectivity index (χ0v) is 15.2. The van der Waals surface area contributed by atoms with Crippen LogP contribution in [-0.2, 0) is 70.2 Å². The molecule has 0 aromatic heterocycles. The Kier molecular flexibility index (Phi) is 11.5. The predicted octanol–water partition coefficient (Wildman–Crippen LogP) is 3.17. The summed E-state index contributed by atoms with van der Waals surface area (Å²) in [5, 5.41) is 0. The first-order valence-corrected chi connectivity index (χ1v) is 4.71. The molecule has 14 heavy (non-hydrogen) atoms. The van der Waals surface area contributed by atoms with E-state index in [2.05, 4.69) is 33.3 Å². The molecule has 1 atom stereocenters. The monoisotopic (exact) mass is 345 g/mol. The molecule has 1 nitrogen and oxygen atoms in total. The molecule has 0 amide bonds. The molecule has 76 valence electrons. The van der Waals surface area contributed by atoms with Crippen molar-refractivity contribution in [2.45, 2.75) is 33.6 Å². The van der Waals surface area contributed by atoms with Crippen molar-refractivity contribution in [3.63, 3.8) is 0 Å². The van der Waals surface area contributed by atoms with Crippen LogP contribution in [0.3, 0.4) is 0 Å². The van der Waals surface area contributed by atoms with Crippen LogP contribution in [0.5, 0.6) is 0 Å². The number of hydrogen-bond acceptors (Lipinski definition) is 1. The van der Waals surface area contributed by atoms with Gasteiger partial charge >= 0.3 is 0 Å². The Bertz CT molecular complexity index is 167. The van der Waals surface area contributed by atoms with Gasteiger partial charge in [0.1, 0.15) is 0 Å². The summed E-state index contributed by atoms with van der Waals surface area (Å²) in [5.41, 5.74) is 0.360.